The van der Waals surface area contributed by atoms with Gasteiger partial charge in [0.2, 0.25) is 0 Å². The summed E-state index contributed by atoms with van der Waals surface area (Å²) >= 11 is 0. The van der Waals surface area contributed by atoms with Crippen LogP contribution in [0.3, 0.4) is 0 Å². The first kappa shape index (κ1) is 12.9. The van der Waals surface area contributed by atoms with E-state index >= 15 is 0 Å². The zero-order chi connectivity index (χ0) is 12.5. The maximum atomic E-state index is 12.0. The molecule has 3 nitrogen and oxygen atoms in total. The molecule has 0 aromatic heterocycles. The van der Waals surface area contributed by atoms with Crippen LogP contribution in [0.15, 0.2) is 0 Å². The highest BCUT2D eigenvalue weighted by molar-refractivity contribution is 5.73. The summed E-state index contributed by atoms with van der Waals surface area (Å²) in [6.07, 6.45) is 4.58. The fourth-order valence-corrected chi connectivity index (χ4v) is 2.87. The van der Waals surface area contributed by atoms with E-state index in [0.717, 1.165) is 25.9 Å². The van der Waals surface area contributed by atoms with E-state index in [4.69, 9.17) is 4.74 Å². The number of ether oxygens (including phenoxy) is 1. The fraction of sp³-hybridized carbons (Fsp3) is 0.929. The van der Waals surface area contributed by atoms with Crippen molar-refractivity contribution in [3.63, 3.8) is 0 Å². The monoisotopic (exact) mass is 239 g/mol. The van der Waals surface area contributed by atoms with Crippen molar-refractivity contribution in [1.82, 2.24) is 5.32 Å². The van der Waals surface area contributed by atoms with E-state index in [9.17, 15) is 4.79 Å². The smallest absolute Gasteiger partial charge is 0.310 e. The van der Waals surface area contributed by atoms with Crippen molar-refractivity contribution in [1.29, 1.82) is 0 Å². The maximum Gasteiger partial charge on any atom is 0.310 e. The summed E-state index contributed by atoms with van der Waals surface area (Å²) < 4.78 is 5.66. The van der Waals surface area contributed by atoms with Gasteiger partial charge < -0.3 is 10.1 Å². The first-order valence-corrected chi connectivity index (χ1v) is 6.89. The van der Waals surface area contributed by atoms with Crippen LogP contribution in [0.1, 0.15) is 46.5 Å². The van der Waals surface area contributed by atoms with Gasteiger partial charge in [0.25, 0.3) is 0 Å². The van der Waals surface area contributed by atoms with Gasteiger partial charge in [0.05, 0.1) is 5.92 Å². The Morgan fingerprint density at radius 2 is 1.88 bits per heavy atom. The molecule has 1 saturated heterocycles. The highest BCUT2D eigenvalue weighted by Crippen LogP contribution is 2.36. The molecular weight excluding hydrogens is 214 g/mol. The van der Waals surface area contributed by atoms with Gasteiger partial charge in [-0.15, -0.1) is 0 Å². The molecule has 2 atom stereocenters. The number of carbonyl (C=O) groups excluding carboxylic acids is 1. The lowest BCUT2D eigenvalue weighted by atomic mass is 9.76. The van der Waals surface area contributed by atoms with Crippen LogP contribution in [0.2, 0.25) is 0 Å². The van der Waals surface area contributed by atoms with Gasteiger partial charge >= 0.3 is 5.97 Å². The number of hydrogen-bond donors (Lipinski definition) is 1. The molecular formula is C14H25NO2. The number of esters is 1. The van der Waals surface area contributed by atoms with Crippen molar-refractivity contribution in [2.24, 2.45) is 17.3 Å². The van der Waals surface area contributed by atoms with Gasteiger partial charge in [-0.3, -0.25) is 4.79 Å². The Balaban J connectivity index is 1.80. The van der Waals surface area contributed by atoms with Crippen LogP contribution >= 0.6 is 0 Å². The average molecular weight is 239 g/mol. The Hall–Kier alpha value is -0.570. The Kier molecular flexibility index (Phi) is 3.76. The SMILES string of the molecule is C[C@@H]1CNC[C@H]1C(=O)OC1CCC(C)(C)CC1. The van der Waals surface area contributed by atoms with Crippen LogP contribution in [0.4, 0.5) is 0 Å². The lowest BCUT2D eigenvalue weighted by molar-refractivity contribution is -0.157. The summed E-state index contributed by atoms with van der Waals surface area (Å²) in [4.78, 5) is 12.0. The van der Waals surface area contributed by atoms with Crippen LogP contribution in [0, 0.1) is 17.3 Å². The van der Waals surface area contributed by atoms with Gasteiger partial charge in [-0.25, -0.2) is 0 Å². The van der Waals surface area contributed by atoms with E-state index in [-0.39, 0.29) is 18.0 Å². The Morgan fingerprint density at radius 1 is 1.24 bits per heavy atom. The Morgan fingerprint density at radius 3 is 2.41 bits per heavy atom. The van der Waals surface area contributed by atoms with E-state index in [1.165, 1.54) is 12.8 Å². The minimum Gasteiger partial charge on any atom is -0.462 e. The Bertz CT molecular complexity index is 278. The summed E-state index contributed by atoms with van der Waals surface area (Å²) in [5.41, 5.74) is 0.436. The molecule has 1 N–H and O–H groups in total. The largest absolute Gasteiger partial charge is 0.462 e. The van der Waals surface area contributed by atoms with Crippen LogP contribution in [-0.4, -0.2) is 25.2 Å². The van der Waals surface area contributed by atoms with E-state index in [0.29, 0.717) is 11.3 Å². The van der Waals surface area contributed by atoms with Gasteiger partial charge in [-0.05, 0) is 43.6 Å². The molecule has 1 aliphatic heterocycles. The van der Waals surface area contributed by atoms with Gasteiger partial charge in [0.15, 0.2) is 0 Å². The number of hydrogen-bond acceptors (Lipinski definition) is 3. The Labute approximate surface area is 104 Å². The van der Waals surface area contributed by atoms with Crippen molar-refractivity contribution >= 4 is 5.97 Å². The van der Waals surface area contributed by atoms with Crippen LogP contribution < -0.4 is 5.32 Å². The molecule has 0 bridgehead atoms. The zero-order valence-corrected chi connectivity index (χ0v) is 11.3. The highest BCUT2D eigenvalue weighted by Gasteiger charge is 2.34. The second-order valence-corrected chi connectivity index (χ2v) is 6.54. The molecule has 0 spiro atoms. The average Bonchev–Trinajstić information content (AvgIpc) is 2.68. The minimum absolute atomic E-state index is 0.0206. The second-order valence-electron chi connectivity index (χ2n) is 6.54. The van der Waals surface area contributed by atoms with Gasteiger partial charge in [-0.2, -0.15) is 0 Å². The molecule has 17 heavy (non-hydrogen) atoms. The zero-order valence-electron chi connectivity index (χ0n) is 11.3. The molecule has 0 radical (unpaired) electrons. The maximum absolute atomic E-state index is 12.0. The van der Waals surface area contributed by atoms with Gasteiger partial charge in [0, 0.05) is 6.54 Å². The topological polar surface area (TPSA) is 38.3 Å². The standard InChI is InChI=1S/C14H25NO2/c1-10-8-15-9-12(10)13(16)17-11-4-6-14(2,3)7-5-11/h10-12,15H,4-9H2,1-3H3/t10-,12-/m1/s1. The second kappa shape index (κ2) is 4.97. The van der Waals surface area contributed by atoms with E-state index in [1.807, 2.05) is 0 Å². The summed E-state index contributed by atoms with van der Waals surface area (Å²) in [7, 11) is 0. The predicted molar refractivity (Wildman–Crippen MR) is 67.7 cm³/mol. The van der Waals surface area contributed by atoms with E-state index < -0.39 is 0 Å². The molecule has 0 aromatic carbocycles. The number of carbonyl (C=O) groups is 1. The predicted octanol–water partition coefficient (Wildman–Crippen LogP) is 2.35. The van der Waals surface area contributed by atoms with E-state index in [1.54, 1.807) is 0 Å². The molecule has 0 unspecified atom stereocenters. The third-order valence-electron chi connectivity index (χ3n) is 4.39. The molecule has 2 rings (SSSR count). The quantitative estimate of drug-likeness (QED) is 0.752. The third-order valence-corrected chi connectivity index (χ3v) is 4.39. The van der Waals surface area contributed by atoms with Crippen molar-refractivity contribution < 1.29 is 9.53 Å². The summed E-state index contributed by atoms with van der Waals surface area (Å²) in [5, 5.41) is 3.25. The first-order chi connectivity index (χ1) is 7.98. The summed E-state index contributed by atoms with van der Waals surface area (Å²) in [6, 6.07) is 0. The molecule has 1 aliphatic carbocycles. The van der Waals surface area contributed by atoms with Crippen LogP contribution in [-0.2, 0) is 9.53 Å². The van der Waals surface area contributed by atoms with Crippen molar-refractivity contribution in [2.75, 3.05) is 13.1 Å². The van der Waals surface area contributed by atoms with Crippen LogP contribution in [0.5, 0.6) is 0 Å². The molecule has 0 amide bonds. The molecule has 1 saturated carbocycles. The first-order valence-electron chi connectivity index (χ1n) is 6.89. The number of nitrogens with one attached hydrogen (secondary N) is 1. The fourth-order valence-electron chi connectivity index (χ4n) is 2.87. The summed E-state index contributed by atoms with van der Waals surface area (Å²) in [5.74, 6) is 0.514. The minimum atomic E-state index is 0.0206. The molecule has 3 heteroatoms. The highest BCUT2D eigenvalue weighted by atomic mass is 16.5. The van der Waals surface area contributed by atoms with E-state index in [2.05, 4.69) is 26.1 Å². The lowest BCUT2D eigenvalue weighted by Crippen LogP contribution is -2.32. The molecule has 0 aromatic rings. The molecule has 1 heterocycles. The number of rotatable bonds is 2. The molecule has 98 valence electrons. The van der Waals surface area contributed by atoms with Crippen LogP contribution in [0.25, 0.3) is 0 Å². The third kappa shape index (κ3) is 3.21. The molecule has 2 fully saturated rings. The molecule has 2 aliphatic rings. The normalized spacial score (nSPS) is 33.6. The van der Waals surface area contributed by atoms with Crippen molar-refractivity contribution in [3.05, 3.63) is 0 Å². The van der Waals surface area contributed by atoms with Crippen molar-refractivity contribution in [2.45, 2.75) is 52.6 Å². The lowest BCUT2D eigenvalue weighted by Gasteiger charge is -2.34. The summed E-state index contributed by atoms with van der Waals surface area (Å²) in [6.45, 7) is 8.45. The van der Waals surface area contributed by atoms with Crippen molar-refractivity contribution in [3.8, 4) is 0 Å². The van der Waals surface area contributed by atoms with Gasteiger partial charge in [0.1, 0.15) is 6.10 Å². The van der Waals surface area contributed by atoms with Gasteiger partial charge in [-0.1, -0.05) is 20.8 Å².